The Morgan fingerprint density at radius 3 is 2.67 bits per heavy atom. The number of halogens is 1. The number of nitrogens with zero attached hydrogens (tertiary/aromatic N) is 1. The molecule has 0 fully saturated rings. The Morgan fingerprint density at radius 2 is 2.14 bits per heavy atom. The SMILES string of the molecule is CC(C)[C@H](NS(=O)(=O)c1cccc(Cl)c1)C(=O)OCC#N. The highest BCUT2D eigenvalue weighted by molar-refractivity contribution is 7.89. The van der Waals surface area contributed by atoms with Crippen LogP contribution in [0.2, 0.25) is 5.02 Å². The van der Waals surface area contributed by atoms with E-state index in [1.165, 1.54) is 18.2 Å². The van der Waals surface area contributed by atoms with Crippen LogP contribution in [0, 0.1) is 17.2 Å². The van der Waals surface area contributed by atoms with Gasteiger partial charge in [0.1, 0.15) is 12.1 Å². The first-order valence-corrected chi connectivity index (χ1v) is 7.95. The van der Waals surface area contributed by atoms with E-state index < -0.39 is 28.6 Å². The van der Waals surface area contributed by atoms with Gasteiger partial charge in [0.2, 0.25) is 10.0 Å². The maximum Gasteiger partial charge on any atom is 0.325 e. The minimum absolute atomic E-state index is 0.0475. The molecule has 0 aliphatic rings. The lowest BCUT2D eigenvalue weighted by atomic mass is 10.1. The lowest BCUT2D eigenvalue weighted by Gasteiger charge is -2.20. The maximum absolute atomic E-state index is 12.2. The van der Waals surface area contributed by atoms with Gasteiger partial charge in [-0.15, -0.1) is 0 Å². The van der Waals surface area contributed by atoms with E-state index in [0.717, 1.165) is 0 Å². The van der Waals surface area contributed by atoms with E-state index in [9.17, 15) is 13.2 Å². The van der Waals surface area contributed by atoms with Gasteiger partial charge in [0.15, 0.2) is 6.61 Å². The van der Waals surface area contributed by atoms with Gasteiger partial charge in [0.05, 0.1) is 4.90 Å². The minimum atomic E-state index is -3.92. The predicted octanol–water partition coefficient (Wildman–Crippen LogP) is 1.71. The van der Waals surface area contributed by atoms with Crippen LogP contribution in [0.25, 0.3) is 0 Å². The van der Waals surface area contributed by atoms with Crippen LogP contribution in [-0.4, -0.2) is 27.0 Å². The zero-order valence-electron chi connectivity index (χ0n) is 11.5. The van der Waals surface area contributed by atoms with Crippen LogP contribution in [0.1, 0.15) is 13.8 Å². The third-order valence-corrected chi connectivity index (χ3v) is 4.26. The molecule has 0 radical (unpaired) electrons. The molecule has 8 heteroatoms. The molecule has 0 amide bonds. The Balaban J connectivity index is 2.98. The summed E-state index contributed by atoms with van der Waals surface area (Å²) in [6.07, 6.45) is 0. The maximum atomic E-state index is 12.2. The lowest BCUT2D eigenvalue weighted by molar-refractivity contribution is -0.145. The van der Waals surface area contributed by atoms with Crippen molar-refractivity contribution in [1.29, 1.82) is 5.26 Å². The summed E-state index contributed by atoms with van der Waals surface area (Å²) in [5.74, 6) is -1.14. The van der Waals surface area contributed by atoms with Gasteiger partial charge < -0.3 is 4.74 Å². The Morgan fingerprint density at radius 1 is 1.48 bits per heavy atom. The molecule has 6 nitrogen and oxygen atoms in total. The van der Waals surface area contributed by atoms with Gasteiger partial charge in [-0.1, -0.05) is 31.5 Å². The average molecular weight is 331 g/mol. The summed E-state index contributed by atoms with van der Waals surface area (Å²) >= 11 is 5.76. The number of carbonyl (C=O) groups excluding carboxylic acids is 1. The van der Waals surface area contributed by atoms with Crippen molar-refractivity contribution in [3.63, 3.8) is 0 Å². The van der Waals surface area contributed by atoms with E-state index in [1.54, 1.807) is 26.0 Å². The van der Waals surface area contributed by atoms with Crippen molar-refractivity contribution in [2.45, 2.75) is 24.8 Å². The second kappa shape index (κ2) is 7.41. The molecule has 0 heterocycles. The summed E-state index contributed by atoms with van der Waals surface area (Å²) in [7, 11) is -3.92. The molecule has 1 aromatic rings. The second-order valence-corrected chi connectivity index (χ2v) is 6.72. The van der Waals surface area contributed by atoms with E-state index >= 15 is 0 Å². The minimum Gasteiger partial charge on any atom is -0.449 e. The standard InChI is InChI=1S/C13H15ClN2O4S/c1-9(2)12(13(17)20-7-6-15)16-21(18,19)11-5-3-4-10(14)8-11/h3-5,8-9,12,16H,7H2,1-2H3/t12-/m0/s1. The molecule has 0 unspecified atom stereocenters. The summed E-state index contributed by atoms with van der Waals surface area (Å²) in [4.78, 5) is 11.7. The Labute approximate surface area is 128 Å². The fourth-order valence-corrected chi connectivity index (χ4v) is 3.15. The number of ether oxygens (including phenoxy) is 1. The predicted molar refractivity (Wildman–Crippen MR) is 77.0 cm³/mol. The number of nitrogens with one attached hydrogen (secondary N) is 1. The van der Waals surface area contributed by atoms with Crippen molar-refractivity contribution in [1.82, 2.24) is 4.72 Å². The Hall–Kier alpha value is -1.62. The summed E-state index contributed by atoms with van der Waals surface area (Å²) in [6.45, 7) is 2.90. The Bertz CT molecular complexity index is 652. The molecule has 0 saturated heterocycles. The molecule has 0 aliphatic carbocycles. The number of benzene rings is 1. The molecule has 1 N–H and O–H groups in total. The molecule has 1 aromatic carbocycles. The third-order valence-electron chi connectivity index (χ3n) is 2.59. The molecule has 0 saturated carbocycles. The van der Waals surface area contributed by atoms with Crippen molar-refractivity contribution in [3.8, 4) is 6.07 Å². The van der Waals surface area contributed by atoms with Crippen LogP contribution in [0.3, 0.4) is 0 Å². The molecule has 0 aliphatic heterocycles. The normalized spacial score (nSPS) is 12.7. The van der Waals surface area contributed by atoms with Gasteiger partial charge in [-0.05, 0) is 24.1 Å². The number of hydrogen-bond acceptors (Lipinski definition) is 5. The van der Waals surface area contributed by atoms with Crippen LogP contribution in [-0.2, 0) is 19.6 Å². The molecular weight excluding hydrogens is 316 g/mol. The van der Waals surface area contributed by atoms with E-state index in [4.69, 9.17) is 16.9 Å². The van der Waals surface area contributed by atoms with E-state index in [-0.39, 0.29) is 15.8 Å². The number of hydrogen-bond donors (Lipinski definition) is 1. The van der Waals surface area contributed by atoms with Gasteiger partial charge in [0.25, 0.3) is 0 Å². The number of carbonyl (C=O) groups is 1. The zero-order valence-corrected chi connectivity index (χ0v) is 13.1. The van der Waals surface area contributed by atoms with Crippen molar-refractivity contribution in [2.24, 2.45) is 5.92 Å². The number of sulfonamides is 1. The highest BCUT2D eigenvalue weighted by atomic mass is 35.5. The monoisotopic (exact) mass is 330 g/mol. The summed E-state index contributed by atoms with van der Waals surface area (Å²) in [5, 5.41) is 8.67. The van der Waals surface area contributed by atoms with Crippen molar-refractivity contribution in [3.05, 3.63) is 29.3 Å². The van der Waals surface area contributed by atoms with Gasteiger partial charge >= 0.3 is 5.97 Å². The quantitative estimate of drug-likeness (QED) is 0.801. The van der Waals surface area contributed by atoms with Crippen LogP contribution in [0.15, 0.2) is 29.2 Å². The van der Waals surface area contributed by atoms with E-state index in [1.807, 2.05) is 0 Å². The number of rotatable bonds is 6. The molecule has 1 atom stereocenters. The molecule has 0 bridgehead atoms. The molecule has 21 heavy (non-hydrogen) atoms. The summed E-state index contributed by atoms with van der Waals surface area (Å²) in [6, 6.07) is 6.26. The number of esters is 1. The van der Waals surface area contributed by atoms with Crippen molar-refractivity contribution < 1.29 is 17.9 Å². The van der Waals surface area contributed by atoms with Crippen LogP contribution >= 0.6 is 11.6 Å². The molecule has 0 spiro atoms. The molecular formula is C13H15ClN2O4S. The zero-order chi connectivity index (χ0) is 16.0. The molecule has 1 rings (SSSR count). The van der Waals surface area contributed by atoms with Crippen molar-refractivity contribution >= 4 is 27.6 Å². The molecule has 114 valence electrons. The average Bonchev–Trinajstić information content (AvgIpc) is 2.42. The summed E-state index contributed by atoms with van der Waals surface area (Å²) < 4.78 is 31.4. The van der Waals surface area contributed by atoms with Gasteiger partial charge in [-0.25, -0.2) is 8.42 Å². The lowest BCUT2D eigenvalue weighted by Crippen LogP contribution is -2.45. The first-order chi connectivity index (χ1) is 9.77. The highest BCUT2D eigenvalue weighted by Crippen LogP contribution is 2.17. The van der Waals surface area contributed by atoms with Gasteiger partial charge in [0, 0.05) is 5.02 Å². The highest BCUT2D eigenvalue weighted by Gasteiger charge is 2.29. The van der Waals surface area contributed by atoms with E-state index in [0.29, 0.717) is 0 Å². The second-order valence-electron chi connectivity index (χ2n) is 4.57. The topological polar surface area (TPSA) is 96.3 Å². The van der Waals surface area contributed by atoms with Crippen LogP contribution in [0.4, 0.5) is 0 Å². The van der Waals surface area contributed by atoms with Gasteiger partial charge in [-0.2, -0.15) is 9.98 Å². The third kappa shape index (κ3) is 5.01. The van der Waals surface area contributed by atoms with Crippen molar-refractivity contribution in [2.75, 3.05) is 6.61 Å². The summed E-state index contributed by atoms with van der Waals surface area (Å²) in [5.41, 5.74) is 0. The van der Waals surface area contributed by atoms with Crippen LogP contribution in [0.5, 0.6) is 0 Å². The Kier molecular flexibility index (Phi) is 6.15. The van der Waals surface area contributed by atoms with E-state index in [2.05, 4.69) is 9.46 Å². The van der Waals surface area contributed by atoms with Crippen LogP contribution < -0.4 is 4.72 Å². The fourth-order valence-electron chi connectivity index (χ4n) is 1.52. The van der Waals surface area contributed by atoms with Gasteiger partial charge in [-0.3, -0.25) is 4.79 Å². The smallest absolute Gasteiger partial charge is 0.325 e. The first-order valence-electron chi connectivity index (χ1n) is 6.09. The molecule has 0 aromatic heterocycles. The number of nitriles is 1. The fraction of sp³-hybridized carbons (Fsp3) is 0.385. The first kappa shape index (κ1) is 17.4. The largest absolute Gasteiger partial charge is 0.449 e.